The molecule has 28 heavy (non-hydrogen) atoms. The minimum atomic E-state index is -0.495. The molecule has 2 heterocycles. The molecule has 3 rings (SSSR count). The quantitative estimate of drug-likeness (QED) is 0.793. The van der Waals surface area contributed by atoms with Crippen LogP contribution in [-0.2, 0) is 16.1 Å². The molecule has 5 nitrogen and oxygen atoms in total. The van der Waals surface area contributed by atoms with Gasteiger partial charge in [-0.15, -0.1) is 0 Å². The standard InChI is InChI=1S/C23H31N3O2/c1-5-13-25(22(28)23(2,3)4)17-20(27)26-16-15-24-14-9-12-19(24)21(26)18-10-7-6-8-11-18/h6-12,14,21H,5,13,15-17H2,1-4H3. The molecule has 1 unspecified atom stereocenters. The van der Waals surface area contributed by atoms with Gasteiger partial charge in [0.15, 0.2) is 0 Å². The van der Waals surface area contributed by atoms with E-state index in [9.17, 15) is 9.59 Å². The fourth-order valence-corrected chi connectivity index (χ4v) is 3.89. The molecule has 0 N–H and O–H groups in total. The maximum Gasteiger partial charge on any atom is 0.243 e. The van der Waals surface area contributed by atoms with Gasteiger partial charge in [0, 0.05) is 36.9 Å². The lowest BCUT2D eigenvalue weighted by Crippen LogP contribution is -2.50. The van der Waals surface area contributed by atoms with E-state index in [4.69, 9.17) is 0 Å². The van der Waals surface area contributed by atoms with Gasteiger partial charge in [-0.3, -0.25) is 9.59 Å². The smallest absolute Gasteiger partial charge is 0.243 e. The summed E-state index contributed by atoms with van der Waals surface area (Å²) in [6.45, 7) is 9.90. The summed E-state index contributed by atoms with van der Waals surface area (Å²) >= 11 is 0. The first kappa shape index (κ1) is 20.2. The van der Waals surface area contributed by atoms with Crippen LogP contribution in [0.25, 0.3) is 0 Å². The van der Waals surface area contributed by atoms with Crippen LogP contribution in [0.1, 0.15) is 51.4 Å². The van der Waals surface area contributed by atoms with Gasteiger partial charge in [0.05, 0.1) is 12.6 Å². The summed E-state index contributed by atoms with van der Waals surface area (Å²) in [5, 5.41) is 0. The summed E-state index contributed by atoms with van der Waals surface area (Å²) in [5.41, 5.74) is 1.72. The Balaban J connectivity index is 1.88. The van der Waals surface area contributed by atoms with E-state index in [1.165, 1.54) is 0 Å². The van der Waals surface area contributed by atoms with Crippen molar-refractivity contribution in [2.24, 2.45) is 5.41 Å². The first-order valence-corrected chi connectivity index (χ1v) is 10.1. The molecule has 0 saturated heterocycles. The SMILES string of the molecule is CCCN(CC(=O)N1CCn2cccc2C1c1ccccc1)C(=O)C(C)(C)C. The average molecular weight is 382 g/mol. The number of hydrogen-bond donors (Lipinski definition) is 0. The second-order valence-electron chi connectivity index (χ2n) is 8.50. The zero-order valence-corrected chi connectivity index (χ0v) is 17.4. The molecule has 0 spiro atoms. The summed E-state index contributed by atoms with van der Waals surface area (Å²) < 4.78 is 2.21. The topological polar surface area (TPSA) is 45.6 Å². The molecule has 0 saturated carbocycles. The molecule has 1 aromatic carbocycles. The molecule has 0 fully saturated rings. The maximum absolute atomic E-state index is 13.4. The number of benzene rings is 1. The molecule has 0 radical (unpaired) electrons. The summed E-state index contributed by atoms with van der Waals surface area (Å²) in [5.74, 6) is 0.0340. The fourth-order valence-electron chi connectivity index (χ4n) is 3.89. The predicted molar refractivity (Wildman–Crippen MR) is 111 cm³/mol. The van der Waals surface area contributed by atoms with Crippen LogP contribution in [0.4, 0.5) is 0 Å². The zero-order valence-electron chi connectivity index (χ0n) is 17.4. The third-order valence-electron chi connectivity index (χ3n) is 5.22. The van der Waals surface area contributed by atoms with Gasteiger partial charge < -0.3 is 14.4 Å². The molecule has 2 aromatic rings. The number of fused-ring (bicyclic) bond motifs is 1. The number of carbonyl (C=O) groups excluding carboxylic acids is 2. The van der Waals surface area contributed by atoms with E-state index in [1.807, 2.05) is 56.9 Å². The number of aromatic nitrogens is 1. The van der Waals surface area contributed by atoms with Crippen LogP contribution in [0.3, 0.4) is 0 Å². The van der Waals surface area contributed by atoms with Crippen molar-refractivity contribution in [3.63, 3.8) is 0 Å². The van der Waals surface area contributed by atoms with Crippen molar-refractivity contribution in [3.05, 3.63) is 59.9 Å². The Morgan fingerprint density at radius 1 is 1.07 bits per heavy atom. The first-order valence-electron chi connectivity index (χ1n) is 10.1. The van der Waals surface area contributed by atoms with Crippen molar-refractivity contribution in [1.82, 2.24) is 14.4 Å². The Morgan fingerprint density at radius 3 is 2.43 bits per heavy atom. The largest absolute Gasteiger partial charge is 0.348 e. The third-order valence-corrected chi connectivity index (χ3v) is 5.22. The highest BCUT2D eigenvalue weighted by Gasteiger charge is 2.34. The second-order valence-corrected chi connectivity index (χ2v) is 8.50. The third kappa shape index (κ3) is 4.13. The Morgan fingerprint density at radius 2 is 1.79 bits per heavy atom. The van der Waals surface area contributed by atoms with E-state index in [1.54, 1.807) is 4.90 Å². The van der Waals surface area contributed by atoms with Gasteiger partial charge >= 0.3 is 0 Å². The molecular weight excluding hydrogens is 350 g/mol. The highest BCUT2D eigenvalue weighted by Crippen LogP contribution is 2.32. The molecular formula is C23H31N3O2. The Kier molecular flexibility index (Phi) is 5.92. The van der Waals surface area contributed by atoms with E-state index in [2.05, 4.69) is 29.0 Å². The number of hydrogen-bond acceptors (Lipinski definition) is 2. The van der Waals surface area contributed by atoms with Gasteiger partial charge in [0.25, 0.3) is 0 Å². The van der Waals surface area contributed by atoms with E-state index in [-0.39, 0.29) is 24.4 Å². The maximum atomic E-state index is 13.4. The predicted octanol–water partition coefficient (Wildman–Crippen LogP) is 3.70. The lowest BCUT2D eigenvalue weighted by molar-refractivity contribution is -0.146. The van der Waals surface area contributed by atoms with Crippen molar-refractivity contribution in [2.45, 2.75) is 46.7 Å². The fraction of sp³-hybridized carbons (Fsp3) is 0.478. The van der Waals surface area contributed by atoms with Crippen LogP contribution < -0.4 is 0 Å². The van der Waals surface area contributed by atoms with Crippen LogP contribution in [0.5, 0.6) is 0 Å². The number of nitrogens with zero attached hydrogens (tertiary/aromatic N) is 3. The minimum absolute atomic E-state index is 0.00681. The normalized spacial score (nSPS) is 16.6. The highest BCUT2D eigenvalue weighted by atomic mass is 16.2. The Hall–Kier alpha value is -2.56. The first-order chi connectivity index (χ1) is 13.3. The van der Waals surface area contributed by atoms with Crippen molar-refractivity contribution < 1.29 is 9.59 Å². The van der Waals surface area contributed by atoms with Gasteiger partial charge in [-0.25, -0.2) is 0 Å². The van der Waals surface area contributed by atoms with Crippen molar-refractivity contribution in [3.8, 4) is 0 Å². The van der Waals surface area contributed by atoms with Gasteiger partial charge in [-0.2, -0.15) is 0 Å². The second kappa shape index (κ2) is 8.21. The monoisotopic (exact) mass is 381 g/mol. The van der Waals surface area contributed by atoms with Gasteiger partial charge in [-0.05, 0) is 24.1 Å². The van der Waals surface area contributed by atoms with Crippen molar-refractivity contribution >= 4 is 11.8 Å². The van der Waals surface area contributed by atoms with Crippen LogP contribution in [0.15, 0.2) is 48.7 Å². The molecule has 2 amide bonds. The summed E-state index contributed by atoms with van der Waals surface area (Å²) in [6.07, 6.45) is 2.90. The molecule has 1 aliphatic rings. The lowest BCUT2D eigenvalue weighted by Gasteiger charge is -2.39. The number of amides is 2. The molecule has 1 atom stereocenters. The zero-order chi connectivity index (χ0) is 20.3. The Bertz CT molecular complexity index is 820. The van der Waals surface area contributed by atoms with Crippen LogP contribution in [-0.4, -0.2) is 45.8 Å². The van der Waals surface area contributed by atoms with E-state index in [0.717, 1.165) is 24.2 Å². The van der Waals surface area contributed by atoms with Gasteiger partial charge in [0.2, 0.25) is 11.8 Å². The van der Waals surface area contributed by atoms with E-state index < -0.39 is 5.41 Å². The van der Waals surface area contributed by atoms with Crippen LogP contribution in [0, 0.1) is 5.41 Å². The van der Waals surface area contributed by atoms with Crippen molar-refractivity contribution in [2.75, 3.05) is 19.6 Å². The molecule has 150 valence electrons. The van der Waals surface area contributed by atoms with Gasteiger partial charge in [0.1, 0.15) is 0 Å². The van der Waals surface area contributed by atoms with Gasteiger partial charge in [-0.1, -0.05) is 58.0 Å². The lowest BCUT2D eigenvalue weighted by atomic mass is 9.94. The summed E-state index contributed by atoms with van der Waals surface area (Å²) in [6, 6.07) is 14.1. The van der Waals surface area contributed by atoms with Crippen LogP contribution >= 0.6 is 0 Å². The number of carbonyl (C=O) groups is 2. The molecule has 5 heteroatoms. The van der Waals surface area contributed by atoms with Crippen molar-refractivity contribution in [1.29, 1.82) is 0 Å². The number of rotatable bonds is 5. The molecule has 0 aliphatic carbocycles. The highest BCUT2D eigenvalue weighted by molar-refractivity contribution is 5.87. The van der Waals surface area contributed by atoms with Crippen LogP contribution in [0.2, 0.25) is 0 Å². The minimum Gasteiger partial charge on any atom is -0.348 e. The molecule has 0 bridgehead atoms. The van der Waals surface area contributed by atoms with E-state index >= 15 is 0 Å². The van der Waals surface area contributed by atoms with E-state index in [0.29, 0.717) is 13.1 Å². The average Bonchev–Trinajstić information content (AvgIpc) is 3.15. The Labute approximate surface area is 167 Å². The summed E-state index contributed by atoms with van der Waals surface area (Å²) in [7, 11) is 0. The molecule has 1 aromatic heterocycles. The summed E-state index contributed by atoms with van der Waals surface area (Å²) in [4.78, 5) is 29.8. The molecule has 1 aliphatic heterocycles.